The highest BCUT2D eigenvalue weighted by molar-refractivity contribution is 7.99. The zero-order valence-corrected chi connectivity index (χ0v) is 12.7. The topological polar surface area (TPSA) is 29.0 Å². The summed E-state index contributed by atoms with van der Waals surface area (Å²) in [6, 6.07) is 7.72. The number of benzene rings is 1. The van der Waals surface area contributed by atoms with E-state index in [4.69, 9.17) is 11.6 Å². The van der Waals surface area contributed by atoms with Gasteiger partial charge in [0.1, 0.15) is 5.03 Å². The lowest BCUT2D eigenvalue weighted by Gasteiger charge is -2.14. The minimum absolute atomic E-state index is 0.0151. The summed E-state index contributed by atoms with van der Waals surface area (Å²) in [4.78, 5) is 9.80. The van der Waals surface area contributed by atoms with E-state index in [1.165, 1.54) is 4.90 Å². The molecule has 0 radical (unpaired) electrons. The van der Waals surface area contributed by atoms with E-state index in [1.807, 2.05) is 0 Å². The first-order chi connectivity index (χ1) is 9.75. The van der Waals surface area contributed by atoms with Gasteiger partial charge >= 0.3 is 6.18 Å². The smallest absolute Gasteiger partial charge is 0.347 e. The number of hydrogen-bond donors (Lipinski definition) is 0. The van der Waals surface area contributed by atoms with Gasteiger partial charge in [0.15, 0.2) is 5.69 Å². The molecule has 0 spiro atoms. The Hall–Kier alpha value is -1.47. The molecule has 0 bridgehead atoms. The Morgan fingerprint density at radius 3 is 2.24 bits per heavy atom. The summed E-state index contributed by atoms with van der Waals surface area (Å²) in [5, 5.41) is 0.787. The van der Waals surface area contributed by atoms with Crippen LogP contribution in [0.25, 0.3) is 0 Å². The SMILES string of the molecule is CN(C)c1nc(Sc2ccc(Cl)cc2)cc(C(F)(F)F)n1. The molecule has 0 aliphatic rings. The molecule has 8 heteroatoms. The lowest BCUT2D eigenvalue weighted by Crippen LogP contribution is -2.17. The Morgan fingerprint density at radius 1 is 1.10 bits per heavy atom. The molecule has 21 heavy (non-hydrogen) atoms. The second-order valence-corrected chi connectivity index (χ2v) is 5.87. The van der Waals surface area contributed by atoms with E-state index in [0.29, 0.717) is 5.02 Å². The lowest BCUT2D eigenvalue weighted by molar-refractivity contribution is -0.141. The van der Waals surface area contributed by atoms with E-state index in [-0.39, 0.29) is 11.0 Å². The van der Waals surface area contributed by atoms with Crippen LogP contribution in [0.5, 0.6) is 0 Å². The molecule has 0 amide bonds. The van der Waals surface area contributed by atoms with Gasteiger partial charge in [-0.1, -0.05) is 23.4 Å². The van der Waals surface area contributed by atoms with Gasteiger partial charge in [-0.25, -0.2) is 9.97 Å². The monoisotopic (exact) mass is 333 g/mol. The van der Waals surface area contributed by atoms with E-state index in [9.17, 15) is 13.2 Å². The van der Waals surface area contributed by atoms with Crippen molar-refractivity contribution in [3.05, 3.63) is 41.0 Å². The molecule has 2 rings (SSSR count). The van der Waals surface area contributed by atoms with E-state index in [0.717, 1.165) is 22.7 Å². The van der Waals surface area contributed by atoms with Crippen molar-refractivity contribution in [2.24, 2.45) is 0 Å². The van der Waals surface area contributed by atoms with Gasteiger partial charge in [0.25, 0.3) is 0 Å². The molecule has 0 aliphatic carbocycles. The predicted molar refractivity (Wildman–Crippen MR) is 76.9 cm³/mol. The van der Waals surface area contributed by atoms with Crippen molar-refractivity contribution < 1.29 is 13.2 Å². The van der Waals surface area contributed by atoms with Crippen molar-refractivity contribution in [2.75, 3.05) is 19.0 Å². The average molecular weight is 334 g/mol. The third-order valence-corrected chi connectivity index (χ3v) is 3.60. The van der Waals surface area contributed by atoms with E-state index in [2.05, 4.69) is 9.97 Å². The Bertz CT molecular complexity index is 630. The van der Waals surface area contributed by atoms with Gasteiger partial charge in [-0.15, -0.1) is 0 Å². The standard InChI is InChI=1S/C13H11ClF3N3S/c1-20(2)12-18-10(13(15,16)17)7-11(19-12)21-9-5-3-8(14)4-6-9/h3-7H,1-2H3. The molecule has 112 valence electrons. The minimum atomic E-state index is -4.51. The van der Waals surface area contributed by atoms with Gasteiger partial charge in [0.05, 0.1) is 0 Å². The first-order valence-electron chi connectivity index (χ1n) is 5.83. The van der Waals surface area contributed by atoms with Crippen molar-refractivity contribution in [3.63, 3.8) is 0 Å². The second kappa shape index (κ2) is 6.11. The highest BCUT2D eigenvalue weighted by Gasteiger charge is 2.34. The molecule has 2 aromatic rings. The summed E-state index contributed by atoms with van der Waals surface area (Å²) in [5.41, 5.74) is -0.960. The van der Waals surface area contributed by atoms with Crippen LogP contribution < -0.4 is 4.90 Å². The molecule has 0 saturated heterocycles. The van der Waals surface area contributed by atoms with Gasteiger partial charge < -0.3 is 4.90 Å². The normalized spacial score (nSPS) is 11.5. The van der Waals surface area contributed by atoms with Crippen LogP contribution in [0.3, 0.4) is 0 Å². The summed E-state index contributed by atoms with van der Waals surface area (Å²) in [5.74, 6) is 0.0151. The maximum absolute atomic E-state index is 12.9. The Balaban J connectivity index is 2.38. The number of anilines is 1. The molecule has 0 saturated carbocycles. The summed E-state index contributed by atoms with van der Waals surface area (Å²) >= 11 is 6.90. The predicted octanol–water partition coefficient (Wildman–Crippen LogP) is 4.37. The van der Waals surface area contributed by atoms with Crippen molar-refractivity contribution in [1.82, 2.24) is 9.97 Å². The van der Waals surface area contributed by atoms with E-state index in [1.54, 1.807) is 38.4 Å². The van der Waals surface area contributed by atoms with Crippen LogP contribution in [-0.4, -0.2) is 24.1 Å². The highest BCUT2D eigenvalue weighted by Crippen LogP contribution is 2.33. The van der Waals surface area contributed by atoms with Gasteiger partial charge in [0, 0.05) is 30.1 Å². The summed E-state index contributed by atoms with van der Waals surface area (Å²) in [6.45, 7) is 0. The zero-order chi connectivity index (χ0) is 15.6. The first-order valence-corrected chi connectivity index (χ1v) is 7.02. The van der Waals surface area contributed by atoms with Crippen LogP contribution >= 0.6 is 23.4 Å². The molecule has 1 aromatic carbocycles. The van der Waals surface area contributed by atoms with Gasteiger partial charge in [-0.2, -0.15) is 13.2 Å². The maximum Gasteiger partial charge on any atom is 0.433 e. The van der Waals surface area contributed by atoms with E-state index < -0.39 is 11.9 Å². The van der Waals surface area contributed by atoms with E-state index >= 15 is 0 Å². The molecule has 0 unspecified atom stereocenters. The Labute approximate surface area is 129 Å². The van der Waals surface area contributed by atoms with Crippen molar-refractivity contribution in [3.8, 4) is 0 Å². The van der Waals surface area contributed by atoms with Crippen LogP contribution in [0.1, 0.15) is 5.69 Å². The van der Waals surface area contributed by atoms with Crippen molar-refractivity contribution in [2.45, 2.75) is 16.1 Å². The quantitative estimate of drug-likeness (QED) is 0.780. The van der Waals surface area contributed by atoms with Gasteiger partial charge in [0.2, 0.25) is 5.95 Å². The Kier molecular flexibility index (Phi) is 4.63. The number of rotatable bonds is 3. The van der Waals surface area contributed by atoms with Gasteiger partial charge in [-0.05, 0) is 24.3 Å². The third-order valence-electron chi connectivity index (χ3n) is 2.42. The first kappa shape index (κ1) is 15.9. The number of halogens is 4. The molecule has 0 aliphatic heterocycles. The summed E-state index contributed by atoms with van der Waals surface area (Å²) in [7, 11) is 3.18. The number of aromatic nitrogens is 2. The second-order valence-electron chi connectivity index (χ2n) is 4.34. The number of hydrogen-bond acceptors (Lipinski definition) is 4. The zero-order valence-electron chi connectivity index (χ0n) is 11.1. The van der Waals surface area contributed by atoms with Crippen LogP contribution in [-0.2, 0) is 6.18 Å². The van der Waals surface area contributed by atoms with Crippen molar-refractivity contribution >= 4 is 29.3 Å². The molecule has 1 heterocycles. The lowest BCUT2D eigenvalue weighted by atomic mass is 10.4. The largest absolute Gasteiger partial charge is 0.433 e. The number of nitrogens with zero attached hydrogens (tertiary/aromatic N) is 3. The fraction of sp³-hybridized carbons (Fsp3) is 0.231. The maximum atomic E-state index is 12.9. The molecule has 3 nitrogen and oxygen atoms in total. The average Bonchev–Trinajstić information content (AvgIpc) is 2.40. The fourth-order valence-corrected chi connectivity index (χ4v) is 2.37. The minimum Gasteiger partial charge on any atom is -0.347 e. The van der Waals surface area contributed by atoms with Crippen molar-refractivity contribution in [1.29, 1.82) is 0 Å². The van der Waals surface area contributed by atoms with Crippen LogP contribution in [0.15, 0.2) is 40.3 Å². The van der Waals surface area contributed by atoms with Crippen LogP contribution in [0, 0.1) is 0 Å². The summed E-state index contributed by atoms with van der Waals surface area (Å²) in [6.07, 6.45) is -4.51. The number of alkyl halides is 3. The Morgan fingerprint density at radius 2 is 1.71 bits per heavy atom. The molecule has 0 N–H and O–H groups in total. The molecule has 0 atom stereocenters. The molecular weight excluding hydrogens is 323 g/mol. The van der Waals surface area contributed by atoms with Crippen LogP contribution in [0.2, 0.25) is 5.02 Å². The van der Waals surface area contributed by atoms with Crippen LogP contribution in [0.4, 0.5) is 19.1 Å². The molecular formula is C13H11ClF3N3S. The molecule has 1 aromatic heterocycles. The summed E-state index contributed by atoms with van der Waals surface area (Å²) < 4.78 is 38.6. The fourth-order valence-electron chi connectivity index (χ4n) is 1.43. The molecule has 0 fully saturated rings. The third kappa shape index (κ3) is 4.25. The van der Waals surface area contributed by atoms with Gasteiger partial charge in [-0.3, -0.25) is 0 Å². The highest BCUT2D eigenvalue weighted by atomic mass is 35.5.